The molecule has 0 saturated carbocycles. The van der Waals surface area contributed by atoms with Gasteiger partial charge in [0, 0.05) is 55.8 Å². The van der Waals surface area contributed by atoms with E-state index in [1.807, 2.05) is 42.9 Å². The molecule has 29 heavy (non-hydrogen) atoms. The number of ketones is 1. The minimum absolute atomic E-state index is 0.219. The Hall–Kier alpha value is -2.51. The first-order valence-corrected chi connectivity index (χ1v) is 10.9. The van der Waals surface area contributed by atoms with Gasteiger partial charge in [-0.25, -0.2) is 0 Å². The van der Waals surface area contributed by atoms with Gasteiger partial charge in [0.25, 0.3) is 0 Å². The predicted molar refractivity (Wildman–Crippen MR) is 115 cm³/mol. The summed E-state index contributed by atoms with van der Waals surface area (Å²) in [4.78, 5) is 18.5. The summed E-state index contributed by atoms with van der Waals surface area (Å²) in [5.41, 5.74) is 4.46. The summed E-state index contributed by atoms with van der Waals surface area (Å²) in [7, 11) is 2.00. The lowest BCUT2D eigenvalue weighted by Crippen LogP contribution is -2.18. The monoisotopic (exact) mass is 407 g/mol. The SMILES string of the molecule is CCC(=O)c1ccc2c(c1)CN(CCCSc1nnc(-c3cccnc3)n1C)C2. The number of benzene rings is 1. The van der Waals surface area contributed by atoms with Crippen molar-refractivity contribution in [1.82, 2.24) is 24.6 Å². The third-order valence-corrected chi connectivity index (χ3v) is 6.35. The van der Waals surface area contributed by atoms with E-state index in [0.717, 1.165) is 53.9 Å². The number of fused-ring (bicyclic) bond motifs is 1. The summed E-state index contributed by atoms with van der Waals surface area (Å²) in [5.74, 6) is 2.05. The van der Waals surface area contributed by atoms with E-state index >= 15 is 0 Å². The molecule has 3 heterocycles. The largest absolute Gasteiger partial charge is 0.305 e. The normalized spacial score (nSPS) is 13.6. The average molecular weight is 408 g/mol. The van der Waals surface area contributed by atoms with Crippen molar-refractivity contribution >= 4 is 17.5 Å². The van der Waals surface area contributed by atoms with E-state index in [0.29, 0.717) is 6.42 Å². The van der Waals surface area contributed by atoms with Gasteiger partial charge in [0.15, 0.2) is 16.8 Å². The highest BCUT2D eigenvalue weighted by molar-refractivity contribution is 7.99. The van der Waals surface area contributed by atoms with Gasteiger partial charge in [0.05, 0.1) is 0 Å². The lowest BCUT2D eigenvalue weighted by Gasteiger charge is -2.14. The molecule has 4 rings (SSSR count). The van der Waals surface area contributed by atoms with Crippen molar-refractivity contribution in [3.05, 3.63) is 59.4 Å². The summed E-state index contributed by atoms with van der Waals surface area (Å²) in [6, 6.07) is 10.1. The molecule has 7 heteroatoms. The summed E-state index contributed by atoms with van der Waals surface area (Å²) in [6.07, 6.45) is 5.20. The number of nitrogens with zero attached hydrogens (tertiary/aromatic N) is 5. The van der Waals surface area contributed by atoms with Gasteiger partial charge < -0.3 is 4.57 Å². The third kappa shape index (κ3) is 4.41. The maximum Gasteiger partial charge on any atom is 0.191 e. The van der Waals surface area contributed by atoms with Crippen molar-refractivity contribution in [2.45, 2.75) is 38.0 Å². The van der Waals surface area contributed by atoms with E-state index in [2.05, 4.69) is 32.2 Å². The van der Waals surface area contributed by atoms with Crippen molar-refractivity contribution in [2.24, 2.45) is 7.05 Å². The van der Waals surface area contributed by atoms with Gasteiger partial charge in [0.2, 0.25) is 0 Å². The minimum Gasteiger partial charge on any atom is -0.305 e. The molecule has 0 aliphatic carbocycles. The summed E-state index contributed by atoms with van der Waals surface area (Å²) in [6.45, 7) is 4.85. The summed E-state index contributed by atoms with van der Waals surface area (Å²) >= 11 is 1.74. The second-order valence-electron chi connectivity index (χ2n) is 7.28. The first-order chi connectivity index (χ1) is 14.2. The van der Waals surface area contributed by atoms with Crippen LogP contribution in [0.5, 0.6) is 0 Å². The van der Waals surface area contributed by atoms with Gasteiger partial charge in [-0.3, -0.25) is 14.7 Å². The molecule has 0 N–H and O–H groups in total. The molecule has 0 amide bonds. The molecular formula is C22H25N5OS. The lowest BCUT2D eigenvalue weighted by molar-refractivity contribution is 0.0988. The molecule has 0 saturated heterocycles. The second-order valence-corrected chi connectivity index (χ2v) is 8.34. The minimum atomic E-state index is 0.219. The Bertz CT molecular complexity index is 1000. The lowest BCUT2D eigenvalue weighted by atomic mass is 10.0. The molecule has 0 unspecified atom stereocenters. The van der Waals surface area contributed by atoms with Gasteiger partial charge in [0.1, 0.15) is 0 Å². The number of thioether (sulfide) groups is 1. The van der Waals surface area contributed by atoms with E-state index in [9.17, 15) is 4.79 Å². The zero-order chi connectivity index (χ0) is 20.2. The number of Topliss-reactive ketones (excluding diaryl/α,β-unsaturated/α-hetero) is 1. The predicted octanol–water partition coefficient (Wildman–Crippen LogP) is 3.97. The second kappa shape index (κ2) is 8.88. The van der Waals surface area contributed by atoms with E-state index in [4.69, 9.17) is 0 Å². The average Bonchev–Trinajstić information content (AvgIpc) is 3.33. The molecule has 0 spiro atoms. The molecule has 0 fully saturated rings. The fraction of sp³-hybridized carbons (Fsp3) is 0.364. The van der Waals surface area contributed by atoms with E-state index in [1.165, 1.54) is 11.1 Å². The number of hydrogen-bond donors (Lipinski definition) is 0. The Morgan fingerprint density at radius 1 is 1.17 bits per heavy atom. The number of carbonyl (C=O) groups excluding carboxylic acids is 1. The van der Waals surface area contributed by atoms with Crippen LogP contribution in [0, 0.1) is 0 Å². The van der Waals surface area contributed by atoms with Crippen molar-refractivity contribution in [2.75, 3.05) is 12.3 Å². The van der Waals surface area contributed by atoms with Crippen LogP contribution in [0.25, 0.3) is 11.4 Å². The van der Waals surface area contributed by atoms with E-state index in [1.54, 1.807) is 18.0 Å². The number of carbonyl (C=O) groups is 1. The molecule has 1 aliphatic rings. The number of aromatic nitrogens is 4. The van der Waals surface area contributed by atoms with E-state index < -0.39 is 0 Å². The van der Waals surface area contributed by atoms with Crippen LogP contribution in [0.4, 0.5) is 0 Å². The van der Waals surface area contributed by atoms with Crippen molar-refractivity contribution in [1.29, 1.82) is 0 Å². The molecule has 1 aliphatic heterocycles. The Morgan fingerprint density at radius 3 is 2.83 bits per heavy atom. The van der Waals surface area contributed by atoms with E-state index in [-0.39, 0.29) is 5.78 Å². The van der Waals surface area contributed by atoms with Crippen molar-refractivity contribution in [3.63, 3.8) is 0 Å². The van der Waals surface area contributed by atoms with Crippen LogP contribution in [0.2, 0.25) is 0 Å². The van der Waals surface area contributed by atoms with Crippen LogP contribution in [-0.4, -0.2) is 42.7 Å². The van der Waals surface area contributed by atoms with Gasteiger partial charge in [-0.15, -0.1) is 10.2 Å². The van der Waals surface area contributed by atoms with Crippen LogP contribution in [0.1, 0.15) is 41.3 Å². The van der Waals surface area contributed by atoms with Gasteiger partial charge in [-0.2, -0.15) is 0 Å². The number of rotatable bonds is 8. The highest BCUT2D eigenvalue weighted by Gasteiger charge is 2.20. The molecule has 0 atom stereocenters. The quantitative estimate of drug-likeness (QED) is 0.320. The molecular weight excluding hydrogens is 382 g/mol. The van der Waals surface area contributed by atoms with Crippen LogP contribution in [0.15, 0.2) is 47.9 Å². The first kappa shape index (κ1) is 19.8. The van der Waals surface area contributed by atoms with Crippen LogP contribution in [-0.2, 0) is 20.1 Å². The van der Waals surface area contributed by atoms with Gasteiger partial charge in [-0.05, 0) is 42.3 Å². The zero-order valence-electron chi connectivity index (χ0n) is 16.8. The highest BCUT2D eigenvalue weighted by atomic mass is 32.2. The van der Waals surface area contributed by atoms with Crippen LogP contribution < -0.4 is 0 Å². The summed E-state index contributed by atoms with van der Waals surface area (Å²) in [5, 5.41) is 9.57. The first-order valence-electron chi connectivity index (χ1n) is 9.95. The Morgan fingerprint density at radius 2 is 2.03 bits per heavy atom. The highest BCUT2D eigenvalue weighted by Crippen LogP contribution is 2.26. The number of pyridine rings is 1. The molecule has 0 radical (unpaired) electrons. The number of hydrogen-bond acceptors (Lipinski definition) is 6. The smallest absolute Gasteiger partial charge is 0.191 e. The maximum absolute atomic E-state index is 11.9. The Kier molecular flexibility index (Phi) is 6.06. The molecule has 150 valence electrons. The summed E-state index contributed by atoms with van der Waals surface area (Å²) < 4.78 is 2.03. The van der Waals surface area contributed by atoms with Gasteiger partial charge in [-0.1, -0.05) is 30.8 Å². The van der Waals surface area contributed by atoms with Gasteiger partial charge >= 0.3 is 0 Å². The fourth-order valence-corrected chi connectivity index (χ4v) is 4.47. The molecule has 3 aromatic rings. The molecule has 2 aromatic heterocycles. The topological polar surface area (TPSA) is 63.9 Å². The standard InChI is InChI=1S/C22H25N5OS/c1-3-20(28)16-7-8-18-14-27(15-19(18)12-16)10-5-11-29-22-25-24-21(26(22)2)17-6-4-9-23-13-17/h4,6-9,12-13H,3,5,10-11,14-15H2,1-2H3. The maximum atomic E-state index is 11.9. The Balaban J connectivity index is 1.27. The van der Waals surface area contributed by atoms with Crippen LogP contribution in [0.3, 0.4) is 0 Å². The molecule has 1 aromatic carbocycles. The van der Waals surface area contributed by atoms with Crippen LogP contribution >= 0.6 is 11.8 Å². The third-order valence-electron chi connectivity index (χ3n) is 5.24. The zero-order valence-corrected chi connectivity index (χ0v) is 17.7. The Labute approximate surface area is 175 Å². The molecule has 6 nitrogen and oxygen atoms in total. The van der Waals surface area contributed by atoms with Crippen molar-refractivity contribution < 1.29 is 4.79 Å². The fourth-order valence-electron chi connectivity index (χ4n) is 3.64. The van der Waals surface area contributed by atoms with Crippen molar-refractivity contribution in [3.8, 4) is 11.4 Å². The molecule has 0 bridgehead atoms.